The zero-order valence-electron chi connectivity index (χ0n) is 51.8. The highest BCUT2D eigenvalue weighted by atomic mass is 32.1. The summed E-state index contributed by atoms with van der Waals surface area (Å²) in [6.07, 6.45) is -0.775. The van der Waals surface area contributed by atoms with Gasteiger partial charge in [0.15, 0.2) is 5.96 Å². The van der Waals surface area contributed by atoms with Gasteiger partial charge in [-0.15, -0.1) is 0 Å². The first-order valence-electron chi connectivity index (χ1n) is 29.7. The number of aliphatic hydroxyl groups is 1. The minimum atomic E-state index is -1.93. The number of hydrogen-bond acceptors (Lipinski definition) is 18. The van der Waals surface area contributed by atoms with Crippen LogP contribution in [0.15, 0.2) is 85.1 Å². The lowest BCUT2D eigenvalue weighted by atomic mass is 10.0. The maximum atomic E-state index is 14.4. The first kappa shape index (κ1) is 76.5. The third-order valence-electron chi connectivity index (χ3n) is 14.2. The Bertz CT molecular complexity index is 3340. The summed E-state index contributed by atoms with van der Waals surface area (Å²) in [7, 11) is 0. The van der Waals surface area contributed by atoms with Crippen molar-refractivity contribution in [1.82, 2.24) is 63.5 Å². The average molecular weight is 1350 g/mol. The van der Waals surface area contributed by atoms with Gasteiger partial charge in [-0.2, -0.15) is 25.3 Å². The standard InChI is InChI=1S/C60H83N17O15S2/c1-30(2)20-40(52(85)69-38(14-9-19-66-60(64)65)51(84)70-39(50(63)83)21-33-15-17-35(80)18-16-33)71-59(92)47(29-94)77-53(86)41(22-32-10-5-4-6-11-32)72-57(90)45(27-78)76-56(89)44(25-49(62)82)74-54(87)42(23-34-26-67-37-13-8-7-12-36(34)37)73-55(88)43(24-48(61)81)75-58(91)46(28-93)68-31(3)79/h4-8,10-13,15-18,26,30,38-47,67,78,80,93-94H,9,14,19-25,27-29H2,1-3H3,(H2,61,81)(H2,62,82)(H2,63,83)(H,68,79)(H,69,85)(H,70,84)(H,71,92)(H,72,90)(H,73,88)(H,74,87)(H,75,91)(H,76,89)(H,77,86)(H4,64,65,66)/t38-,39-,40-,41-,42-,43-,44-,45-,46+,47+/m0/s1. The Balaban J connectivity index is 1.57. The van der Waals surface area contributed by atoms with Crippen LogP contribution in [0.3, 0.4) is 0 Å². The van der Waals surface area contributed by atoms with Gasteiger partial charge in [0.2, 0.25) is 76.8 Å². The number of primary amides is 3. The largest absolute Gasteiger partial charge is 0.508 e. The lowest BCUT2D eigenvalue weighted by molar-refractivity contribution is -0.137. The summed E-state index contributed by atoms with van der Waals surface area (Å²) in [5.74, 6) is -14.3. The van der Waals surface area contributed by atoms with Crippen LogP contribution in [-0.2, 0) is 81.6 Å². The van der Waals surface area contributed by atoms with Crippen LogP contribution in [0.25, 0.3) is 10.9 Å². The number of thiol groups is 2. The second-order valence-corrected chi connectivity index (χ2v) is 23.1. The van der Waals surface area contributed by atoms with Crippen LogP contribution in [0.1, 0.15) is 69.6 Å². The van der Waals surface area contributed by atoms with E-state index in [0.29, 0.717) is 27.6 Å². The summed E-state index contributed by atoms with van der Waals surface area (Å²) in [6, 6.07) is 5.18. The smallest absolute Gasteiger partial charge is 0.245 e. The van der Waals surface area contributed by atoms with Gasteiger partial charge < -0.3 is 96.6 Å². The summed E-state index contributed by atoms with van der Waals surface area (Å²) in [6.45, 7) is 3.58. The third kappa shape index (κ3) is 25.6. The van der Waals surface area contributed by atoms with Crippen molar-refractivity contribution in [3.05, 3.63) is 102 Å². The molecule has 0 saturated heterocycles. The Morgan fingerprint density at radius 3 is 1.44 bits per heavy atom. The first-order valence-corrected chi connectivity index (χ1v) is 30.9. The maximum Gasteiger partial charge on any atom is 0.245 e. The number of carbonyl (C=O) groups excluding carboxylic acids is 13. The van der Waals surface area contributed by atoms with Crippen molar-refractivity contribution in [2.24, 2.45) is 28.9 Å². The van der Waals surface area contributed by atoms with E-state index in [9.17, 15) is 72.5 Å². The average Bonchev–Trinajstić information content (AvgIpc) is 1.62. The fourth-order valence-corrected chi connectivity index (χ4v) is 9.99. The van der Waals surface area contributed by atoms with Gasteiger partial charge in [0.05, 0.1) is 19.4 Å². The summed E-state index contributed by atoms with van der Waals surface area (Å²) in [5.41, 5.74) is 24.1. The number of fused-ring (bicyclic) bond motifs is 1. The number of rotatable bonds is 39. The van der Waals surface area contributed by atoms with E-state index in [1.165, 1.54) is 30.5 Å². The predicted octanol–water partition coefficient (Wildman–Crippen LogP) is -4.83. The number of benzene rings is 3. The van der Waals surface area contributed by atoms with Gasteiger partial charge in [-0.25, -0.2) is 0 Å². The molecular formula is C60H83N17O15S2. The number of aromatic amines is 1. The minimum absolute atomic E-state index is 0.0107. The molecule has 13 amide bonds. The van der Waals surface area contributed by atoms with Crippen molar-refractivity contribution in [2.75, 3.05) is 24.7 Å². The summed E-state index contributed by atoms with van der Waals surface area (Å²) < 4.78 is 0. The molecule has 0 unspecified atom stereocenters. The Hall–Kier alpha value is -9.96. The molecule has 34 heteroatoms. The number of H-pyrrole nitrogens is 1. The van der Waals surface area contributed by atoms with Crippen LogP contribution in [0.4, 0.5) is 0 Å². The Kier molecular flexibility index (Phi) is 31.0. The molecule has 32 nitrogen and oxygen atoms in total. The van der Waals surface area contributed by atoms with E-state index >= 15 is 0 Å². The number of phenolic OH excluding ortho intramolecular Hbond substituents is 1. The first-order chi connectivity index (χ1) is 44.5. The van der Waals surface area contributed by atoms with Gasteiger partial charge >= 0.3 is 0 Å². The second-order valence-electron chi connectivity index (χ2n) is 22.3. The number of para-hydroxylation sites is 1. The van der Waals surface area contributed by atoms with Crippen LogP contribution in [-0.4, -0.2) is 183 Å². The van der Waals surface area contributed by atoms with E-state index in [1.807, 2.05) is 0 Å². The number of nitrogens with two attached hydrogens (primary N) is 4. The highest BCUT2D eigenvalue weighted by Crippen LogP contribution is 2.20. The van der Waals surface area contributed by atoms with Gasteiger partial charge in [-0.05, 0) is 60.1 Å². The number of hydrogen-bond donors (Lipinski definition) is 21. The molecule has 0 aliphatic carbocycles. The van der Waals surface area contributed by atoms with Crippen LogP contribution in [0.2, 0.25) is 0 Å². The molecule has 10 atom stereocenters. The van der Waals surface area contributed by atoms with Gasteiger partial charge in [-0.1, -0.05) is 74.5 Å². The van der Waals surface area contributed by atoms with E-state index < -0.39 is 157 Å². The van der Waals surface area contributed by atoms with Crippen LogP contribution in [0, 0.1) is 11.3 Å². The normalized spacial score (nSPS) is 14.2. The highest BCUT2D eigenvalue weighted by Gasteiger charge is 2.37. The number of aromatic hydroxyl groups is 1. The molecule has 4 rings (SSSR count). The van der Waals surface area contributed by atoms with Gasteiger partial charge in [0.1, 0.15) is 66.2 Å². The van der Waals surface area contributed by atoms with Crippen LogP contribution >= 0.6 is 25.3 Å². The maximum absolute atomic E-state index is 14.4. The molecule has 0 aliphatic heterocycles. The number of aliphatic hydroxyl groups excluding tert-OH is 1. The Morgan fingerprint density at radius 1 is 0.500 bits per heavy atom. The third-order valence-corrected chi connectivity index (χ3v) is 15.0. The predicted molar refractivity (Wildman–Crippen MR) is 349 cm³/mol. The summed E-state index contributed by atoms with van der Waals surface area (Å²) >= 11 is 8.38. The molecule has 0 radical (unpaired) electrons. The molecule has 0 spiro atoms. The Morgan fingerprint density at radius 2 is 0.915 bits per heavy atom. The fraction of sp³-hybridized carbons (Fsp3) is 0.433. The molecule has 94 heavy (non-hydrogen) atoms. The zero-order valence-corrected chi connectivity index (χ0v) is 53.6. The van der Waals surface area contributed by atoms with Crippen LogP contribution in [0.5, 0.6) is 5.75 Å². The molecule has 3 aromatic carbocycles. The molecule has 0 saturated carbocycles. The minimum Gasteiger partial charge on any atom is -0.508 e. The van der Waals surface area contributed by atoms with Crippen molar-refractivity contribution in [2.45, 2.75) is 133 Å². The molecule has 4 aromatic rings. The van der Waals surface area contributed by atoms with E-state index in [2.05, 4.69) is 88.7 Å². The number of guanidine groups is 1. The highest BCUT2D eigenvalue weighted by molar-refractivity contribution is 7.80. The quantitative estimate of drug-likeness (QED) is 0.00862. The molecular weight excluding hydrogens is 1260 g/mol. The molecule has 0 fully saturated rings. The number of carbonyl (C=O) groups is 13. The van der Waals surface area contributed by atoms with Crippen molar-refractivity contribution < 1.29 is 72.5 Å². The van der Waals surface area contributed by atoms with Crippen molar-refractivity contribution in [1.29, 1.82) is 5.41 Å². The molecule has 510 valence electrons. The molecule has 0 bridgehead atoms. The van der Waals surface area contributed by atoms with Gasteiger partial charge in [0.25, 0.3) is 0 Å². The monoisotopic (exact) mass is 1350 g/mol. The lowest BCUT2D eigenvalue weighted by Crippen LogP contribution is -2.62. The number of nitrogens with one attached hydrogen (secondary N) is 13. The fourth-order valence-electron chi connectivity index (χ4n) is 9.48. The SMILES string of the molecule is CC(=O)N[C@H](CS)C(=O)N[C@@H](CC(N)=O)C(=O)N[C@@H](Cc1c[nH]c2ccccc12)C(=O)N[C@@H](CC(N)=O)C(=O)N[C@@H](CO)C(=O)N[C@@H](Cc1ccccc1)C(=O)N[C@H](CS)C(=O)N[C@@H](CC(C)C)C(=O)N[C@@H](CCCNC(=N)N)C(=O)N[C@@H](Cc1ccc(O)cc1)C(N)=O. The Labute approximate surface area is 551 Å². The summed E-state index contributed by atoms with van der Waals surface area (Å²) in [4.78, 5) is 179. The van der Waals surface area contributed by atoms with E-state index in [1.54, 1.807) is 68.4 Å². The summed E-state index contributed by atoms with van der Waals surface area (Å²) in [5, 5.41) is 55.5. The van der Waals surface area contributed by atoms with E-state index in [0.717, 1.165) is 6.92 Å². The molecule has 0 aliphatic rings. The molecule has 1 heterocycles. The molecule has 23 N–H and O–H groups in total. The number of aromatic nitrogens is 1. The van der Waals surface area contributed by atoms with Crippen molar-refractivity contribution in [3.63, 3.8) is 0 Å². The number of amides is 13. The van der Waals surface area contributed by atoms with Crippen LogP contribution < -0.4 is 81.4 Å². The van der Waals surface area contributed by atoms with Crippen molar-refractivity contribution in [3.8, 4) is 5.75 Å². The topological polar surface area (TPSA) is 538 Å². The van der Waals surface area contributed by atoms with Gasteiger partial charge in [-0.3, -0.25) is 67.7 Å². The van der Waals surface area contributed by atoms with Crippen molar-refractivity contribution >= 4 is 119 Å². The van der Waals surface area contributed by atoms with Gasteiger partial charge in [0, 0.05) is 61.3 Å². The zero-order chi connectivity index (χ0) is 69.8. The number of phenols is 1. The second kappa shape index (κ2) is 38.1. The van der Waals surface area contributed by atoms with E-state index in [4.69, 9.17) is 28.3 Å². The molecule has 1 aromatic heterocycles. The van der Waals surface area contributed by atoms with E-state index in [-0.39, 0.29) is 74.2 Å². The lowest BCUT2D eigenvalue weighted by Gasteiger charge is -2.28.